The fourth-order valence-electron chi connectivity index (χ4n) is 2.91. The molecule has 2 aromatic carbocycles. The summed E-state index contributed by atoms with van der Waals surface area (Å²) >= 11 is 0. The van der Waals surface area contributed by atoms with Crippen molar-refractivity contribution in [3.8, 4) is 0 Å². The van der Waals surface area contributed by atoms with Crippen LogP contribution in [0.15, 0.2) is 54.7 Å². The van der Waals surface area contributed by atoms with Gasteiger partial charge in [-0.3, -0.25) is 19.1 Å². The number of aromatic nitrogens is 2. The molecule has 122 valence electrons. The van der Waals surface area contributed by atoms with E-state index in [9.17, 15) is 14.4 Å². The van der Waals surface area contributed by atoms with Crippen LogP contribution < -0.4 is 5.32 Å². The number of nitrogens with one attached hydrogen (secondary N) is 1. The Labute approximate surface area is 143 Å². The molecule has 6 nitrogen and oxygen atoms in total. The van der Waals surface area contributed by atoms with Crippen molar-refractivity contribution in [3.05, 3.63) is 82.7 Å². The van der Waals surface area contributed by atoms with Crippen molar-refractivity contribution in [3.63, 3.8) is 0 Å². The van der Waals surface area contributed by atoms with E-state index in [0.29, 0.717) is 27.9 Å². The second kappa shape index (κ2) is 5.52. The summed E-state index contributed by atoms with van der Waals surface area (Å²) < 4.78 is 1.53. The van der Waals surface area contributed by atoms with Gasteiger partial charge in [0.1, 0.15) is 0 Å². The zero-order valence-corrected chi connectivity index (χ0v) is 13.3. The molecule has 0 bridgehead atoms. The van der Waals surface area contributed by atoms with E-state index in [2.05, 4.69) is 10.4 Å². The first-order valence-corrected chi connectivity index (χ1v) is 7.68. The molecule has 0 spiro atoms. The van der Waals surface area contributed by atoms with Crippen LogP contribution in [-0.2, 0) is 7.05 Å². The number of hydrogen-bond acceptors (Lipinski definition) is 4. The van der Waals surface area contributed by atoms with Gasteiger partial charge in [-0.15, -0.1) is 0 Å². The highest BCUT2D eigenvalue weighted by molar-refractivity contribution is 6.28. The largest absolute Gasteiger partial charge is 0.321 e. The number of hydrogen-bond donors (Lipinski definition) is 1. The van der Waals surface area contributed by atoms with Crippen LogP contribution in [0.2, 0.25) is 0 Å². The van der Waals surface area contributed by atoms with E-state index in [1.165, 1.54) is 10.7 Å². The molecule has 0 saturated carbocycles. The maximum absolute atomic E-state index is 12.7. The molecule has 3 aromatic rings. The summed E-state index contributed by atoms with van der Waals surface area (Å²) in [6.45, 7) is 0. The third kappa shape index (κ3) is 2.44. The lowest BCUT2D eigenvalue weighted by Crippen LogP contribution is -2.21. The maximum Gasteiger partial charge on any atom is 0.276 e. The number of fused-ring (bicyclic) bond motifs is 2. The Morgan fingerprint density at radius 3 is 2.20 bits per heavy atom. The van der Waals surface area contributed by atoms with Crippen LogP contribution in [0.1, 0.15) is 42.3 Å². The predicted molar refractivity (Wildman–Crippen MR) is 90.9 cm³/mol. The number of carbonyl (C=O) groups excluding carboxylic acids is 3. The number of rotatable bonds is 2. The Morgan fingerprint density at radius 2 is 1.56 bits per heavy atom. The van der Waals surface area contributed by atoms with Crippen LogP contribution in [-0.4, -0.2) is 27.3 Å². The Balaban J connectivity index is 1.69. The summed E-state index contributed by atoms with van der Waals surface area (Å²) in [6, 6.07) is 13.1. The predicted octanol–water partition coefficient (Wildman–Crippen LogP) is 2.45. The van der Waals surface area contributed by atoms with Gasteiger partial charge in [-0.05, 0) is 24.3 Å². The summed E-state index contributed by atoms with van der Waals surface area (Å²) in [4.78, 5) is 37.4. The first-order chi connectivity index (χ1) is 12.0. The molecule has 1 aliphatic rings. The van der Waals surface area contributed by atoms with Gasteiger partial charge in [-0.25, -0.2) is 0 Å². The molecule has 0 fully saturated rings. The normalized spacial score (nSPS) is 12.5. The van der Waals surface area contributed by atoms with Crippen molar-refractivity contribution in [2.24, 2.45) is 7.05 Å². The maximum atomic E-state index is 12.7. The van der Waals surface area contributed by atoms with Crippen LogP contribution in [0.3, 0.4) is 0 Å². The van der Waals surface area contributed by atoms with E-state index in [1.54, 1.807) is 55.7 Å². The SMILES string of the molecule is Cn1ccc(C(=O)Nc2ccc3c(c2)C(=O)c2ccccc2C3=O)n1. The molecule has 6 heteroatoms. The standard InChI is InChI=1S/C19H13N3O3/c1-22-9-8-16(21-22)19(25)20-11-6-7-14-15(10-11)18(24)13-5-3-2-4-12(13)17(14)23/h2-10H,1H3,(H,20,25). The molecular weight excluding hydrogens is 318 g/mol. The van der Waals surface area contributed by atoms with E-state index in [-0.39, 0.29) is 23.2 Å². The van der Waals surface area contributed by atoms with Crippen molar-refractivity contribution in [2.45, 2.75) is 0 Å². The van der Waals surface area contributed by atoms with Gasteiger partial charge in [0.15, 0.2) is 17.3 Å². The minimum Gasteiger partial charge on any atom is -0.321 e. The van der Waals surface area contributed by atoms with Gasteiger partial charge >= 0.3 is 0 Å². The van der Waals surface area contributed by atoms with Crippen molar-refractivity contribution in [2.75, 3.05) is 5.32 Å². The lowest BCUT2D eigenvalue weighted by Gasteiger charge is -2.18. The molecule has 4 rings (SSSR count). The fourth-order valence-corrected chi connectivity index (χ4v) is 2.91. The van der Waals surface area contributed by atoms with Crippen LogP contribution in [0.4, 0.5) is 5.69 Å². The van der Waals surface area contributed by atoms with Gasteiger partial charge in [0.25, 0.3) is 5.91 Å². The molecule has 0 unspecified atom stereocenters. The van der Waals surface area contributed by atoms with Crippen LogP contribution in [0.5, 0.6) is 0 Å². The highest BCUT2D eigenvalue weighted by Crippen LogP contribution is 2.29. The minimum atomic E-state index is -0.379. The van der Waals surface area contributed by atoms with Gasteiger partial charge < -0.3 is 5.32 Å². The first-order valence-electron chi connectivity index (χ1n) is 7.68. The van der Waals surface area contributed by atoms with Gasteiger partial charge in [0, 0.05) is 41.2 Å². The quantitative estimate of drug-likeness (QED) is 0.612. The van der Waals surface area contributed by atoms with E-state index < -0.39 is 0 Å². The number of nitrogens with zero attached hydrogens (tertiary/aromatic N) is 2. The van der Waals surface area contributed by atoms with E-state index in [1.807, 2.05) is 0 Å². The van der Waals surface area contributed by atoms with Gasteiger partial charge in [0.05, 0.1) is 0 Å². The summed E-state index contributed by atoms with van der Waals surface area (Å²) in [5, 5.41) is 6.74. The first kappa shape index (κ1) is 15.0. The Morgan fingerprint density at radius 1 is 0.920 bits per heavy atom. The minimum absolute atomic E-state index is 0.187. The molecular formula is C19H13N3O3. The summed E-state index contributed by atoms with van der Waals surface area (Å²) in [5.41, 5.74) is 2.14. The topological polar surface area (TPSA) is 81.1 Å². The molecule has 0 aliphatic heterocycles. The summed E-state index contributed by atoms with van der Waals surface area (Å²) in [6.07, 6.45) is 1.67. The highest BCUT2D eigenvalue weighted by Gasteiger charge is 2.29. The molecule has 1 aliphatic carbocycles. The van der Waals surface area contributed by atoms with Crippen molar-refractivity contribution in [1.82, 2.24) is 9.78 Å². The van der Waals surface area contributed by atoms with Crippen LogP contribution in [0.25, 0.3) is 0 Å². The molecule has 1 heterocycles. The highest BCUT2D eigenvalue weighted by atomic mass is 16.2. The lowest BCUT2D eigenvalue weighted by atomic mass is 9.84. The summed E-state index contributed by atoms with van der Waals surface area (Å²) in [5.74, 6) is -0.789. The van der Waals surface area contributed by atoms with E-state index >= 15 is 0 Å². The smallest absolute Gasteiger partial charge is 0.276 e. The van der Waals surface area contributed by atoms with Crippen LogP contribution >= 0.6 is 0 Å². The number of aryl methyl sites for hydroxylation is 1. The number of anilines is 1. The Bertz CT molecular complexity index is 1050. The average molecular weight is 331 g/mol. The monoisotopic (exact) mass is 331 g/mol. The molecule has 1 N–H and O–H groups in total. The second-order valence-electron chi connectivity index (χ2n) is 5.79. The van der Waals surface area contributed by atoms with Crippen LogP contribution in [0, 0.1) is 0 Å². The fraction of sp³-hybridized carbons (Fsp3) is 0.0526. The molecule has 0 radical (unpaired) electrons. The number of benzene rings is 2. The van der Waals surface area contributed by atoms with E-state index in [4.69, 9.17) is 0 Å². The van der Waals surface area contributed by atoms with Crippen molar-refractivity contribution >= 4 is 23.2 Å². The zero-order chi connectivity index (χ0) is 17.6. The van der Waals surface area contributed by atoms with Crippen molar-refractivity contribution in [1.29, 1.82) is 0 Å². The van der Waals surface area contributed by atoms with Gasteiger partial charge in [-0.1, -0.05) is 24.3 Å². The van der Waals surface area contributed by atoms with Gasteiger partial charge in [0.2, 0.25) is 0 Å². The second-order valence-corrected chi connectivity index (χ2v) is 5.79. The molecule has 1 aromatic heterocycles. The third-order valence-corrected chi connectivity index (χ3v) is 4.13. The molecule has 0 atom stereocenters. The Hall–Kier alpha value is -3.54. The average Bonchev–Trinajstić information content (AvgIpc) is 3.06. The number of ketones is 2. The van der Waals surface area contributed by atoms with Gasteiger partial charge in [-0.2, -0.15) is 5.10 Å². The molecule has 25 heavy (non-hydrogen) atoms. The Kier molecular flexibility index (Phi) is 3.32. The third-order valence-electron chi connectivity index (χ3n) is 4.13. The van der Waals surface area contributed by atoms with E-state index in [0.717, 1.165) is 0 Å². The molecule has 1 amide bonds. The number of amides is 1. The zero-order valence-electron chi connectivity index (χ0n) is 13.3. The molecule has 0 saturated heterocycles. The lowest BCUT2D eigenvalue weighted by molar-refractivity contribution is 0.0979. The summed E-state index contributed by atoms with van der Waals surface area (Å²) in [7, 11) is 1.72. The van der Waals surface area contributed by atoms with Crippen molar-refractivity contribution < 1.29 is 14.4 Å². The number of carbonyl (C=O) groups is 3.